The Morgan fingerprint density at radius 3 is 2.46 bits per heavy atom. The number of hydrogen-bond acceptors (Lipinski definition) is 4. The topological polar surface area (TPSA) is 67.2 Å². The molecule has 8 heteroatoms. The van der Waals surface area contributed by atoms with Crippen molar-refractivity contribution in [3.8, 4) is 11.3 Å². The van der Waals surface area contributed by atoms with Gasteiger partial charge in [-0.05, 0) is 32.0 Å². The lowest BCUT2D eigenvalue weighted by molar-refractivity contribution is -0.137. The molecule has 140 valence electrons. The Kier molecular flexibility index (Phi) is 5.31. The molecule has 0 spiro atoms. The molecule has 2 N–H and O–H groups in total. The number of aromatic nitrogens is 1. The van der Waals surface area contributed by atoms with Crippen molar-refractivity contribution in [3.05, 3.63) is 41.1 Å². The number of alkyl halides is 3. The highest BCUT2D eigenvalue weighted by Crippen LogP contribution is 2.32. The van der Waals surface area contributed by atoms with E-state index in [0.717, 1.165) is 37.8 Å². The molecule has 1 amide bonds. The van der Waals surface area contributed by atoms with E-state index in [9.17, 15) is 18.0 Å². The lowest BCUT2D eigenvalue weighted by Crippen LogP contribution is -2.33. The first-order valence-corrected chi connectivity index (χ1v) is 8.52. The number of carbonyl (C=O) groups excluding carboxylic acids is 1. The first-order chi connectivity index (χ1) is 12.4. The normalized spacial score (nSPS) is 15.4. The predicted molar refractivity (Wildman–Crippen MR) is 89.4 cm³/mol. The van der Waals surface area contributed by atoms with Crippen LogP contribution in [0, 0.1) is 0 Å². The van der Waals surface area contributed by atoms with Crippen molar-refractivity contribution >= 4 is 5.91 Å². The summed E-state index contributed by atoms with van der Waals surface area (Å²) in [5.74, 6) is -0.0197. The standard InChI is InChI=1S/C18H20F3N3O2/c1-22-10-14-15(17(25)23-13-4-2-3-5-13)24-26-16(14)11-6-8-12(9-7-11)18(19,20)21/h6-9,13,22H,2-5,10H2,1H3,(H,23,25). The number of benzene rings is 1. The first-order valence-electron chi connectivity index (χ1n) is 8.52. The van der Waals surface area contributed by atoms with Crippen molar-refractivity contribution in [3.63, 3.8) is 0 Å². The Morgan fingerprint density at radius 1 is 1.23 bits per heavy atom. The molecular weight excluding hydrogens is 347 g/mol. The van der Waals surface area contributed by atoms with E-state index in [2.05, 4.69) is 15.8 Å². The summed E-state index contributed by atoms with van der Waals surface area (Å²) < 4.78 is 43.5. The number of nitrogens with one attached hydrogen (secondary N) is 2. The molecule has 0 unspecified atom stereocenters. The molecule has 1 aliphatic carbocycles. The van der Waals surface area contributed by atoms with Crippen LogP contribution in [0.5, 0.6) is 0 Å². The van der Waals surface area contributed by atoms with Crippen molar-refractivity contribution in [1.82, 2.24) is 15.8 Å². The van der Waals surface area contributed by atoms with Crippen molar-refractivity contribution in [2.75, 3.05) is 7.05 Å². The van der Waals surface area contributed by atoms with Crippen LogP contribution in [0.4, 0.5) is 13.2 Å². The Bertz CT molecular complexity index is 763. The molecule has 0 saturated heterocycles. The third-order valence-corrected chi connectivity index (χ3v) is 4.52. The van der Waals surface area contributed by atoms with E-state index in [-0.39, 0.29) is 17.6 Å². The van der Waals surface area contributed by atoms with Gasteiger partial charge in [-0.3, -0.25) is 4.79 Å². The average molecular weight is 367 g/mol. The Morgan fingerprint density at radius 2 is 1.88 bits per heavy atom. The summed E-state index contributed by atoms with van der Waals surface area (Å²) in [5.41, 5.74) is 0.398. The first kappa shape index (κ1) is 18.4. The number of carbonyl (C=O) groups is 1. The highest BCUT2D eigenvalue weighted by molar-refractivity contribution is 5.95. The van der Waals surface area contributed by atoms with Crippen molar-refractivity contribution in [2.24, 2.45) is 0 Å². The second kappa shape index (κ2) is 7.49. The van der Waals surface area contributed by atoms with Gasteiger partial charge >= 0.3 is 6.18 Å². The summed E-state index contributed by atoms with van der Waals surface area (Å²) in [6, 6.07) is 4.75. The van der Waals surface area contributed by atoms with Gasteiger partial charge in [-0.2, -0.15) is 13.2 Å². The molecule has 1 aromatic heterocycles. The summed E-state index contributed by atoms with van der Waals surface area (Å²) in [4.78, 5) is 12.5. The molecule has 26 heavy (non-hydrogen) atoms. The van der Waals surface area contributed by atoms with Gasteiger partial charge in [0, 0.05) is 23.7 Å². The van der Waals surface area contributed by atoms with Crippen molar-refractivity contribution in [1.29, 1.82) is 0 Å². The SMILES string of the molecule is CNCc1c(C(=O)NC2CCCC2)noc1-c1ccc(C(F)(F)F)cc1. The fourth-order valence-corrected chi connectivity index (χ4v) is 3.19. The van der Waals surface area contributed by atoms with Crippen LogP contribution in [0.1, 0.15) is 47.3 Å². The van der Waals surface area contributed by atoms with Gasteiger partial charge in [-0.1, -0.05) is 30.1 Å². The van der Waals surface area contributed by atoms with Crippen LogP contribution in [0.2, 0.25) is 0 Å². The quantitative estimate of drug-likeness (QED) is 0.845. The number of hydrogen-bond donors (Lipinski definition) is 2. The van der Waals surface area contributed by atoms with Crippen molar-refractivity contribution < 1.29 is 22.5 Å². The lowest BCUT2D eigenvalue weighted by atomic mass is 10.0. The summed E-state index contributed by atoms with van der Waals surface area (Å²) >= 11 is 0. The molecule has 5 nitrogen and oxygen atoms in total. The van der Waals surface area contributed by atoms with Crippen LogP contribution in [-0.4, -0.2) is 24.2 Å². The van der Waals surface area contributed by atoms with Gasteiger partial charge in [-0.15, -0.1) is 0 Å². The minimum atomic E-state index is -4.40. The minimum absolute atomic E-state index is 0.135. The molecule has 0 radical (unpaired) electrons. The molecule has 1 fully saturated rings. The van der Waals surface area contributed by atoms with E-state index in [0.29, 0.717) is 23.4 Å². The van der Waals surface area contributed by atoms with Crippen LogP contribution in [0.15, 0.2) is 28.8 Å². The van der Waals surface area contributed by atoms with Gasteiger partial charge < -0.3 is 15.2 Å². The third kappa shape index (κ3) is 3.90. The third-order valence-electron chi connectivity index (χ3n) is 4.52. The van der Waals surface area contributed by atoms with Crippen LogP contribution in [-0.2, 0) is 12.7 Å². The maximum absolute atomic E-state index is 12.7. The van der Waals surface area contributed by atoms with E-state index < -0.39 is 11.7 Å². The second-order valence-electron chi connectivity index (χ2n) is 6.40. The average Bonchev–Trinajstić information content (AvgIpc) is 3.24. The number of halogens is 3. The van der Waals surface area contributed by atoms with Gasteiger partial charge in [0.1, 0.15) is 0 Å². The maximum atomic E-state index is 12.7. The monoisotopic (exact) mass is 367 g/mol. The Balaban J connectivity index is 1.87. The molecule has 1 aliphatic rings. The predicted octanol–water partition coefficient (Wildman–Crippen LogP) is 3.75. The van der Waals surface area contributed by atoms with E-state index >= 15 is 0 Å². The molecule has 2 aromatic rings. The van der Waals surface area contributed by atoms with Gasteiger partial charge in [0.2, 0.25) is 0 Å². The molecule has 1 aromatic carbocycles. The smallest absolute Gasteiger partial charge is 0.355 e. The molecule has 0 aliphatic heterocycles. The molecule has 0 atom stereocenters. The van der Waals surface area contributed by atoms with Gasteiger partial charge in [0.15, 0.2) is 11.5 Å². The summed E-state index contributed by atoms with van der Waals surface area (Å²) in [5, 5.41) is 9.77. The molecule has 1 heterocycles. The number of rotatable bonds is 5. The van der Waals surface area contributed by atoms with Crippen LogP contribution < -0.4 is 10.6 Å². The zero-order valence-corrected chi connectivity index (χ0v) is 14.3. The number of nitrogens with zero attached hydrogens (tertiary/aromatic N) is 1. The largest absolute Gasteiger partial charge is 0.416 e. The van der Waals surface area contributed by atoms with Crippen LogP contribution >= 0.6 is 0 Å². The lowest BCUT2D eigenvalue weighted by Gasteiger charge is -2.11. The van der Waals surface area contributed by atoms with E-state index in [1.54, 1.807) is 7.05 Å². The maximum Gasteiger partial charge on any atom is 0.416 e. The summed E-state index contributed by atoms with van der Waals surface area (Å²) in [6.45, 7) is 0.313. The van der Waals surface area contributed by atoms with E-state index in [1.165, 1.54) is 12.1 Å². The fourth-order valence-electron chi connectivity index (χ4n) is 3.19. The molecule has 0 bridgehead atoms. The van der Waals surface area contributed by atoms with E-state index in [4.69, 9.17) is 4.52 Å². The van der Waals surface area contributed by atoms with Gasteiger partial charge in [0.25, 0.3) is 5.91 Å². The second-order valence-corrected chi connectivity index (χ2v) is 6.40. The van der Waals surface area contributed by atoms with E-state index in [1.807, 2.05) is 0 Å². The fraction of sp³-hybridized carbons (Fsp3) is 0.444. The Labute approximate surface area is 148 Å². The Hall–Kier alpha value is -2.35. The van der Waals surface area contributed by atoms with Crippen LogP contribution in [0.3, 0.4) is 0 Å². The van der Waals surface area contributed by atoms with Gasteiger partial charge in [-0.25, -0.2) is 0 Å². The molecule has 3 rings (SSSR count). The molecular formula is C18H20F3N3O2. The molecule has 1 saturated carbocycles. The zero-order valence-electron chi connectivity index (χ0n) is 14.3. The number of amides is 1. The summed E-state index contributed by atoms with van der Waals surface area (Å²) in [6.07, 6.45) is -0.346. The highest BCUT2D eigenvalue weighted by Gasteiger charge is 2.31. The van der Waals surface area contributed by atoms with Crippen molar-refractivity contribution in [2.45, 2.75) is 44.4 Å². The van der Waals surface area contributed by atoms with Gasteiger partial charge in [0.05, 0.1) is 5.56 Å². The highest BCUT2D eigenvalue weighted by atomic mass is 19.4. The minimum Gasteiger partial charge on any atom is -0.355 e. The zero-order chi connectivity index (χ0) is 18.7. The summed E-state index contributed by atoms with van der Waals surface area (Å²) in [7, 11) is 1.71. The van der Waals surface area contributed by atoms with Crippen LogP contribution in [0.25, 0.3) is 11.3 Å².